The monoisotopic (exact) mass is 277 g/mol. The van der Waals surface area contributed by atoms with Crippen molar-refractivity contribution in [2.24, 2.45) is 0 Å². The number of rotatable bonds is 6. The number of hydrogen-bond donors (Lipinski definition) is 0. The molecule has 0 aliphatic rings. The molecule has 0 amide bonds. The van der Waals surface area contributed by atoms with Crippen molar-refractivity contribution >= 4 is 32.4 Å². The van der Waals surface area contributed by atoms with E-state index in [1.807, 2.05) is 6.92 Å². The Hall–Kier alpha value is -0.160. The molecule has 5 heteroatoms. The number of unbranched alkanes of at least 4 members (excludes halogenated alkanes) is 1. The Morgan fingerprint density at radius 1 is 1.36 bits per heavy atom. The van der Waals surface area contributed by atoms with Crippen LogP contribution in [-0.2, 0) is 0 Å². The summed E-state index contributed by atoms with van der Waals surface area (Å²) in [6.07, 6.45) is 2.43. The highest BCUT2D eigenvalue weighted by Crippen LogP contribution is 2.19. The third-order valence-electron chi connectivity index (χ3n) is 1.92. The number of alkyl halides is 1. The van der Waals surface area contributed by atoms with Gasteiger partial charge >= 0.3 is 0 Å². The maximum Gasteiger partial charge on any atom is 0.208 e. The molecule has 0 unspecified atom stereocenters. The summed E-state index contributed by atoms with van der Waals surface area (Å²) in [7, 11) is 0. The molecular weight excluding hydrogens is 262 g/mol. The van der Waals surface area contributed by atoms with Gasteiger partial charge in [-0.25, -0.2) is 0 Å². The second-order valence-electron chi connectivity index (χ2n) is 3.13. The van der Waals surface area contributed by atoms with Crippen molar-refractivity contribution in [2.45, 2.75) is 26.7 Å². The van der Waals surface area contributed by atoms with Crippen molar-refractivity contribution < 1.29 is 0 Å². The summed E-state index contributed by atoms with van der Waals surface area (Å²) in [4.78, 5) is 2.29. The van der Waals surface area contributed by atoms with Crippen LogP contribution in [0.3, 0.4) is 0 Å². The highest BCUT2D eigenvalue weighted by molar-refractivity contribution is 9.09. The zero-order valence-electron chi connectivity index (χ0n) is 8.66. The van der Waals surface area contributed by atoms with E-state index >= 15 is 0 Å². The van der Waals surface area contributed by atoms with Crippen LogP contribution in [0.5, 0.6) is 0 Å². The maximum atomic E-state index is 4.16. The van der Waals surface area contributed by atoms with Crippen LogP contribution < -0.4 is 4.90 Å². The molecule has 1 heterocycles. The fourth-order valence-electron chi connectivity index (χ4n) is 1.17. The van der Waals surface area contributed by atoms with Crippen molar-refractivity contribution in [1.29, 1.82) is 0 Å². The summed E-state index contributed by atoms with van der Waals surface area (Å²) in [6.45, 7) is 6.29. The molecule has 0 atom stereocenters. The Kier molecular flexibility index (Phi) is 5.40. The van der Waals surface area contributed by atoms with Gasteiger partial charge in [0, 0.05) is 18.4 Å². The van der Waals surface area contributed by atoms with Crippen molar-refractivity contribution in [1.82, 2.24) is 10.2 Å². The maximum absolute atomic E-state index is 4.16. The fourth-order valence-corrected chi connectivity index (χ4v) is 2.34. The predicted molar refractivity (Wildman–Crippen MR) is 65.6 cm³/mol. The molecule has 1 rings (SSSR count). The first kappa shape index (κ1) is 11.9. The van der Waals surface area contributed by atoms with Crippen molar-refractivity contribution in [3.05, 3.63) is 5.01 Å². The van der Waals surface area contributed by atoms with Crippen LogP contribution in [0.2, 0.25) is 0 Å². The SMILES string of the molecule is CCCCN(CCBr)c1nnc(C)s1. The van der Waals surface area contributed by atoms with E-state index in [1.54, 1.807) is 11.3 Å². The minimum atomic E-state index is 0.981. The largest absolute Gasteiger partial charge is 0.346 e. The Morgan fingerprint density at radius 2 is 2.14 bits per heavy atom. The summed E-state index contributed by atoms with van der Waals surface area (Å²) in [5.41, 5.74) is 0. The lowest BCUT2D eigenvalue weighted by atomic mass is 10.3. The third kappa shape index (κ3) is 3.53. The van der Waals surface area contributed by atoms with Gasteiger partial charge in [-0.3, -0.25) is 0 Å². The lowest BCUT2D eigenvalue weighted by Crippen LogP contribution is -2.26. The molecule has 0 N–H and O–H groups in total. The van der Waals surface area contributed by atoms with Crippen LogP contribution in [0.1, 0.15) is 24.8 Å². The molecule has 0 spiro atoms. The van der Waals surface area contributed by atoms with Crippen molar-refractivity contribution in [3.63, 3.8) is 0 Å². The van der Waals surface area contributed by atoms with Gasteiger partial charge in [-0.1, -0.05) is 40.6 Å². The summed E-state index contributed by atoms with van der Waals surface area (Å²) in [6, 6.07) is 0. The van der Waals surface area contributed by atoms with Gasteiger partial charge in [0.05, 0.1) is 0 Å². The molecule has 0 bridgehead atoms. The van der Waals surface area contributed by atoms with E-state index in [0.717, 1.165) is 28.6 Å². The molecule has 0 aliphatic heterocycles. The number of halogens is 1. The smallest absolute Gasteiger partial charge is 0.208 e. The lowest BCUT2D eigenvalue weighted by molar-refractivity contribution is 0.729. The Bertz CT molecular complexity index is 264. The highest BCUT2D eigenvalue weighted by atomic mass is 79.9. The van der Waals surface area contributed by atoms with E-state index < -0.39 is 0 Å². The van der Waals surface area contributed by atoms with Crippen molar-refractivity contribution in [3.8, 4) is 0 Å². The van der Waals surface area contributed by atoms with Gasteiger partial charge in [0.25, 0.3) is 0 Å². The molecule has 14 heavy (non-hydrogen) atoms. The van der Waals surface area contributed by atoms with Crippen LogP contribution in [0.25, 0.3) is 0 Å². The fraction of sp³-hybridized carbons (Fsp3) is 0.778. The molecule has 0 aromatic carbocycles. The summed E-state index contributed by atoms with van der Waals surface area (Å²) in [5, 5.41) is 11.3. The van der Waals surface area contributed by atoms with Crippen LogP contribution >= 0.6 is 27.3 Å². The minimum absolute atomic E-state index is 0.981. The van der Waals surface area contributed by atoms with E-state index in [2.05, 4.69) is 38.0 Å². The minimum Gasteiger partial charge on any atom is -0.346 e. The normalized spacial score (nSPS) is 10.5. The van der Waals surface area contributed by atoms with Crippen LogP contribution in [0.15, 0.2) is 0 Å². The Balaban J connectivity index is 2.57. The van der Waals surface area contributed by atoms with E-state index in [4.69, 9.17) is 0 Å². The second kappa shape index (κ2) is 6.35. The van der Waals surface area contributed by atoms with E-state index in [1.165, 1.54) is 12.8 Å². The van der Waals surface area contributed by atoms with Gasteiger partial charge in [-0.2, -0.15) is 0 Å². The molecule has 0 aliphatic carbocycles. The highest BCUT2D eigenvalue weighted by Gasteiger charge is 2.09. The first-order valence-electron chi connectivity index (χ1n) is 4.89. The van der Waals surface area contributed by atoms with E-state index in [-0.39, 0.29) is 0 Å². The molecular formula is C9H16BrN3S. The van der Waals surface area contributed by atoms with Gasteiger partial charge in [-0.05, 0) is 13.3 Å². The van der Waals surface area contributed by atoms with Crippen LogP contribution in [-0.4, -0.2) is 28.6 Å². The van der Waals surface area contributed by atoms with Crippen LogP contribution in [0, 0.1) is 6.92 Å². The van der Waals surface area contributed by atoms with Crippen LogP contribution in [0.4, 0.5) is 5.13 Å². The standard InChI is InChI=1S/C9H16BrN3S/c1-3-4-6-13(7-5-10)9-12-11-8(2)14-9/h3-7H2,1-2H3. The van der Waals surface area contributed by atoms with Gasteiger partial charge in [-0.15, -0.1) is 10.2 Å². The summed E-state index contributed by atoms with van der Waals surface area (Å²) < 4.78 is 0. The first-order valence-corrected chi connectivity index (χ1v) is 6.82. The number of nitrogens with zero attached hydrogens (tertiary/aromatic N) is 3. The average molecular weight is 278 g/mol. The topological polar surface area (TPSA) is 29.0 Å². The molecule has 0 radical (unpaired) electrons. The van der Waals surface area contributed by atoms with Gasteiger partial charge < -0.3 is 4.90 Å². The lowest BCUT2D eigenvalue weighted by Gasteiger charge is -2.19. The molecule has 1 aromatic rings. The number of anilines is 1. The van der Waals surface area contributed by atoms with Gasteiger partial charge in [0.2, 0.25) is 5.13 Å². The second-order valence-corrected chi connectivity index (χ2v) is 5.09. The number of aryl methyl sites for hydroxylation is 1. The van der Waals surface area contributed by atoms with Crippen molar-refractivity contribution in [2.75, 3.05) is 23.3 Å². The summed E-state index contributed by atoms with van der Waals surface area (Å²) in [5.74, 6) is 0. The number of aromatic nitrogens is 2. The zero-order chi connectivity index (χ0) is 10.4. The number of hydrogen-bond acceptors (Lipinski definition) is 4. The third-order valence-corrected chi connectivity index (χ3v) is 3.18. The van der Waals surface area contributed by atoms with E-state index in [0.29, 0.717) is 0 Å². The predicted octanol–water partition coefficient (Wildman–Crippen LogP) is 2.85. The molecule has 0 saturated carbocycles. The average Bonchev–Trinajstić information content (AvgIpc) is 2.59. The van der Waals surface area contributed by atoms with E-state index in [9.17, 15) is 0 Å². The quantitative estimate of drug-likeness (QED) is 0.749. The Morgan fingerprint density at radius 3 is 2.64 bits per heavy atom. The first-order chi connectivity index (χ1) is 6.77. The van der Waals surface area contributed by atoms with Gasteiger partial charge in [0.15, 0.2) is 0 Å². The molecule has 80 valence electrons. The molecule has 0 saturated heterocycles. The van der Waals surface area contributed by atoms with Gasteiger partial charge in [0.1, 0.15) is 5.01 Å². The molecule has 0 fully saturated rings. The molecule has 1 aromatic heterocycles. The summed E-state index contributed by atoms with van der Waals surface area (Å²) >= 11 is 5.13. The Labute approximate surface area is 97.7 Å². The zero-order valence-corrected chi connectivity index (χ0v) is 11.1. The molecule has 3 nitrogen and oxygen atoms in total.